The Morgan fingerprint density at radius 3 is 2.74 bits per heavy atom. The topological polar surface area (TPSA) is 61.2 Å². The number of esters is 1. The summed E-state index contributed by atoms with van der Waals surface area (Å²) in [6, 6.07) is 10.6. The van der Waals surface area contributed by atoms with Crippen molar-refractivity contribution in [2.24, 2.45) is 0 Å². The van der Waals surface area contributed by atoms with Crippen LogP contribution in [0.1, 0.15) is 53.5 Å². The summed E-state index contributed by atoms with van der Waals surface area (Å²) in [5.41, 5.74) is 3.24. The van der Waals surface area contributed by atoms with E-state index in [1.807, 2.05) is 25.1 Å². The average molecular weight is 362 g/mol. The number of nitrogens with zero attached hydrogens (tertiary/aromatic N) is 2. The van der Waals surface area contributed by atoms with E-state index in [4.69, 9.17) is 4.74 Å². The fourth-order valence-corrected chi connectivity index (χ4v) is 3.74. The molecule has 0 fully saturated rings. The van der Waals surface area contributed by atoms with Gasteiger partial charge < -0.3 is 4.74 Å². The second kappa shape index (κ2) is 6.65. The Bertz CT molecular complexity index is 1110. The van der Waals surface area contributed by atoms with Crippen molar-refractivity contribution in [3.05, 3.63) is 69.3 Å². The first-order valence-corrected chi connectivity index (χ1v) is 9.30. The van der Waals surface area contributed by atoms with E-state index < -0.39 is 5.97 Å². The fraction of sp³-hybridized carbons (Fsp3) is 0.318. The molecule has 0 N–H and O–H groups in total. The first kappa shape index (κ1) is 17.5. The minimum Gasteiger partial charge on any atom is -0.423 e. The molecule has 1 aromatic heterocycles. The second-order valence-electron chi connectivity index (χ2n) is 7.38. The van der Waals surface area contributed by atoms with Gasteiger partial charge in [-0.25, -0.2) is 9.78 Å². The molecule has 0 saturated heterocycles. The predicted molar refractivity (Wildman–Crippen MR) is 105 cm³/mol. The summed E-state index contributed by atoms with van der Waals surface area (Å²) in [5.74, 6) is 1.28. The fourth-order valence-electron chi connectivity index (χ4n) is 3.74. The highest BCUT2D eigenvalue weighted by atomic mass is 16.5. The number of fused-ring (bicyclic) bond motifs is 2. The monoisotopic (exact) mass is 362 g/mol. The molecule has 138 valence electrons. The number of rotatable bonds is 3. The Labute approximate surface area is 157 Å². The van der Waals surface area contributed by atoms with Gasteiger partial charge in [-0.15, -0.1) is 0 Å². The van der Waals surface area contributed by atoms with Gasteiger partial charge in [0.15, 0.2) is 0 Å². The van der Waals surface area contributed by atoms with Gasteiger partial charge in [-0.2, -0.15) is 0 Å². The maximum atomic E-state index is 12.6. The standard InChI is InChI=1S/C22H22N2O3/c1-13(2)17-9-7-16(11-14(17)3)27-22(26)15-6-8-18-19(12-15)23-20-5-4-10-24(20)21(18)25/h6-9,11-13H,4-5,10H2,1-3H3. The van der Waals surface area contributed by atoms with Crippen LogP contribution in [-0.4, -0.2) is 15.5 Å². The molecule has 0 spiro atoms. The summed E-state index contributed by atoms with van der Waals surface area (Å²) in [6.07, 6.45) is 1.72. The molecule has 0 saturated carbocycles. The van der Waals surface area contributed by atoms with Crippen molar-refractivity contribution >= 4 is 16.9 Å². The maximum absolute atomic E-state index is 12.6. The van der Waals surface area contributed by atoms with Crippen molar-refractivity contribution in [1.29, 1.82) is 0 Å². The lowest BCUT2D eigenvalue weighted by Gasteiger charge is -2.12. The van der Waals surface area contributed by atoms with Crippen LogP contribution in [-0.2, 0) is 13.0 Å². The molecular weight excluding hydrogens is 340 g/mol. The van der Waals surface area contributed by atoms with E-state index in [2.05, 4.69) is 18.8 Å². The quantitative estimate of drug-likeness (QED) is 0.522. The highest BCUT2D eigenvalue weighted by Gasteiger charge is 2.18. The van der Waals surface area contributed by atoms with Crippen LogP contribution in [0.15, 0.2) is 41.2 Å². The Hall–Kier alpha value is -2.95. The number of aryl methyl sites for hydroxylation is 2. The molecular formula is C22H22N2O3. The van der Waals surface area contributed by atoms with Crippen LogP contribution in [0.25, 0.3) is 10.9 Å². The van der Waals surface area contributed by atoms with Crippen LogP contribution in [0.5, 0.6) is 5.75 Å². The molecule has 3 aromatic rings. The molecule has 0 aliphatic carbocycles. The minimum absolute atomic E-state index is 0.0349. The number of ether oxygens (including phenoxy) is 1. The van der Waals surface area contributed by atoms with Gasteiger partial charge in [-0.05, 0) is 60.7 Å². The van der Waals surface area contributed by atoms with E-state index in [1.165, 1.54) is 5.56 Å². The summed E-state index contributed by atoms with van der Waals surface area (Å²) in [4.78, 5) is 29.7. The van der Waals surface area contributed by atoms with E-state index in [0.29, 0.717) is 34.7 Å². The van der Waals surface area contributed by atoms with E-state index >= 15 is 0 Å². The summed E-state index contributed by atoms with van der Waals surface area (Å²) >= 11 is 0. The Morgan fingerprint density at radius 1 is 1.19 bits per heavy atom. The van der Waals surface area contributed by atoms with Crippen molar-refractivity contribution in [3.8, 4) is 5.75 Å². The summed E-state index contributed by atoms with van der Waals surface area (Å²) in [5, 5.41) is 0.536. The maximum Gasteiger partial charge on any atom is 0.343 e. The van der Waals surface area contributed by atoms with Crippen molar-refractivity contribution in [1.82, 2.24) is 9.55 Å². The van der Waals surface area contributed by atoms with Gasteiger partial charge in [0.25, 0.3) is 5.56 Å². The smallest absolute Gasteiger partial charge is 0.343 e. The normalized spacial score (nSPS) is 13.2. The molecule has 2 aromatic carbocycles. The molecule has 0 unspecified atom stereocenters. The number of carbonyl (C=O) groups excluding carboxylic acids is 1. The number of hydrogen-bond acceptors (Lipinski definition) is 4. The number of aromatic nitrogens is 2. The summed E-state index contributed by atoms with van der Waals surface area (Å²) in [6.45, 7) is 7.00. The Balaban J connectivity index is 1.64. The number of carbonyl (C=O) groups is 1. The van der Waals surface area contributed by atoms with Gasteiger partial charge in [-0.1, -0.05) is 19.9 Å². The van der Waals surface area contributed by atoms with E-state index in [1.54, 1.807) is 22.8 Å². The van der Waals surface area contributed by atoms with Crippen molar-refractivity contribution < 1.29 is 9.53 Å². The van der Waals surface area contributed by atoms with Crippen molar-refractivity contribution in [2.45, 2.75) is 46.1 Å². The lowest BCUT2D eigenvalue weighted by atomic mass is 9.98. The first-order chi connectivity index (χ1) is 12.9. The van der Waals surface area contributed by atoms with Crippen molar-refractivity contribution in [3.63, 3.8) is 0 Å². The SMILES string of the molecule is Cc1cc(OC(=O)c2ccc3c(=O)n4c(nc3c2)CCC4)ccc1C(C)C. The summed E-state index contributed by atoms with van der Waals surface area (Å²) < 4.78 is 7.26. The first-order valence-electron chi connectivity index (χ1n) is 9.30. The zero-order chi connectivity index (χ0) is 19.1. The number of benzene rings is 2. The van der Waals surface area contributed by atoms with Crippen LogP contribution >= 0.6 is 0 Å². The van der Waals surface area contributed by atoms with Crippen LogP contribution in [0.4, 0.5) is 0 Å². The largest absolute Gasteiger partial charge is 0.423 e. The van der Waals surface area contributed by atoms with Crippen LogP contribution < -0.4 is 10.3 Å². The van der Waals surface area contributed by atoms with Crippen LogP contribution in [0.3, 0.4) is 0 Å². The molecule has 1 aliphatic heterocycles. The van der Waals surface area contributed by atoms with Crippen LogP contribution in [0.2, 0.25) is 0 Å². The van der Waals surface area contributed by atoms with Gasteiger partial charge >= 0.3 is 5.97 Å². The third-order valence-electron chi connectivity index (χ3n) is 5.13. The highest BCUT2D eigenvalue weighted by molar-refractivity contribution is 5.95. The van der Waals surface area contributed by atoms with Gasteiger partial charge in [0, 0.05) is 13.0 Å². The highest BCUT2D eigenvalue weighted by Crippen LogP contribution is 2.24. The molecule has 5 nitrogen and oxygen atoms in total. The zero-order valence-electron chi connectivity index (χ0n) is 15.8. The van der Waals surface area contributed by atoms with Gasteiger partial charge in [0.05, 0.1) is 16.5 Å². The molecule has 5 heteroatoms. The third-order valence-corrected chi connectivity index (χ3v) is 5.13. The van der Waals surface area contributed by atoms with Gasteiger partial charge in [-0.3, -0.25) is 9.36 Å². The molecule has 27 heavy (non-hydrogen) atoms. The van der Waals surface area contributed by atoms with Crippen molar-refractivity contribution in [2.75, 3.05) is 0 Å². The predicted octanol–water partition coefficient (Wildman–Crippen LogP) is 3.99. The van der Waals surface area contributed by atoms with Gasteiger partial charge in [0.1, 0.15) is 11.6 Å². The van der Waals surface area contributed by atoms with Gasteiger partial charge in [0.2, 0.25) is 0 Å². The summed E-state index contributed by atoms with van der Waals surface area (Å²) in [7, 11) is 0. The molecule has 0 atom stereocenters. The van der Waals surface area contributed by atoms with Crippen LogP contribution in [0, 0.1) is 6.92 Å². The molecule has 2 heterocycles. The zero-order valence-corrected chi connectivity index (χ0v) is 15.8. The van der Waals surface area contributed by atoms with E-state index in [-0.39, 0.29) is 5.56 Å². The average Bonchev–Trinajstić information content (AvgIpc) is 3.10. The lowest BCUT2D eigenvalue weighted by molar-refractivity contribution is 0.0735. The molecule has 4 rings (SSSR count). The molecule has 1 aliphatic rings. The van der Waals surface area contributed by atoms with E-state index in [0.717, 1.165) is 24.2 Å². The van der Waals surface area contributed by atoms with E-state index in [9.17, 15) is 9.59 Å². The Morgan fingerprint density at radius 2 is 2.00 bits per heavy atom. The number of hydrogen-bond donors (Lipinski definition) is 0. The molecule has 0 amide bonds. The minimum atomic E-state index is -0.448. The molecule has 0 radical (unpaired) electrons. The lowest BCUT2D eigenvalue weighted by Crippen LogP contribution is -2.21. The third kappa shape index (κ3) is 3.14. The second-order valence-corrected chi connectivity index (χ2v) is 7.38. The Kier molecular flexibility index (Phi) is 4.30. The molecule has 0 bridgehead atoms.